The summed E-state index contributed by atoms with van der Waals surface area (Å²) in [5, 5.41) is 8.75. The summed E-state index contributed by atoms with van der Waals surface area (Å²) in [5.74, 6) is -0.961. The minimum Gasteiger partial charge on any atom is -0.480 e. The maximum atomic E-state index is 10.7. The topological polar surface area (TPSA) is 75.7 Å². The monoisotopic (exact) mass is 262 g/mol. The molecule has 0 heterocycles. The van der Waals surface area contributed by atoms with E-state index in [0.29, 0.717) is 6.42 Å². The molecule has 1 atom stereocenters. The van der Waals surface area contributed by atoms with Crippen molar-refractivity contribution in [3.63, 3.8) is 0 Å². The Morgan fingerprint density at radius 3 is 2.37 bits per heavy atom. The van der Waals surface area contributed by atoms with E-state index in [4.69, 9.17) is 10.8 Å². The van der Waals surface area contributed by atoms with Gasteiger partial charge in [0.05, 0.1) is 0 Å². The Morgan fingerprint density at radius 1 is 1.26 bits per heavy atom. The van der Waals surface area contributed by atoms with Gasteiger partial charge in [0.1, 0.15) is 6.04 Å². The molecule has 0 fully saturated rings. The summed E-state index contributed by atoms with van der Waals surface area (Å²) in [4.78, 5) is 15.0. The molecule has 0 aliphatic carbocycles. The minimum absolute atomic E-state index is 0.370. The van der Waals surface area contributed by atoms with Crippen LogP contribution in [0.2, 0.25) is 0 Å². The fourth-order valence-corrected chi connectivity index (χ4v) is 1.77. The number of aliphatic imine (C=N–C) groups is 1. The molecule has 0 saturated heterocycles. The third kappa shape index (κ3) is 6.15. The lowest BCUT2D eigenvalue weighted by molar-refractivity contribution is -0.138. The first kappa shape index (κ1) is 15.4. The number of aryl methyl sites for hydroxylation is 1. The molecule has 0 spiro atoms. The number of rotatable bonds is 7. The fraction of sp³-hybridized carbons (Fsp3) is 0.467. The summed E-state index contributed by atoms with van der Waals surface area (Å²) in [6, 6.07) is 7.14. The van der Waals surface area contributed by atoms with E-state index in [1.54, 1.807) is 0 Å². The van der Waals surface area contributed by atoms with Crippen molar-refractivity contribution in [1.29, 1.82) is 0 Å². The van der Waals surface area contributed by atoms with Crippen molar-refractivity contribution in [2.45, 2.75) is 39.2 Å². The molecule has 4 heteroatoms. The molecule has 0 aromatic heterocycles. The van der Waals surface area contributed by atoms with E-state index in [2.05, 4.69) is 4.99 Å². The van der Waals surface area contributed by atoms with Gasteiger partial charge in [-0.1, -0.05) is 24.3 Å². The van der Waals surface area contributed by atoms with Crippen LogP contribution in [0.15, 0.2) is 29.3 Å². The number of benzene rings is 1. The number of carboxylic acid groups (broad SMARTS) is 1. The van der Waals surface area contributed by atoms with Crippen LogP contribution in [0.5, 0.6) is 0 Å². The summed E-state index contributed by atoms with van der Waals surface area (Å²) in [6.07, 6.45) is 2.39. The number of aliphatic carboxylic acids is 1. The highest BCUT2D eigenvalue weighted by Gasteiger charge is 2.11. The van der Waals surface area contributed by atoms with E-state index < -0.39 is 12.0 Å². The molecule has 0 aliphatic heterocycles. The fourth-order valence-electron chi connectivity index (χ4n) is 1.77. The number of carboxylic acids is 1. The molecule has 1 aromatic rings. The lowest BCUT2D eigenvalue weighted by atomic mass is 10.0. The van der Waals surface area contributed by atoms with Gasteiger partial charge in [-0.15, -0.1) is 0 Å². The van der Waals surface area contributed by atoms with E-state index >= 15 is 0 Å². The Bertz CT molecular complexity index is 434. The zero-order valence-corrected chi connectivity index (χ0v) is 11.6. The Morgan fingerprint density at radius 2 is 1.84 bits per heavy atom. The molecule has 0 bridgehead atoms. The van der Waals surface area contributed by atoms with Crippen LogP contribution >= 0.6 is 0 Å². The second kappa shape index (κ2) is 7.69. The maximum Gasteiger partial charge on any atom is 0.320 e. The van der Waals surface area contributed by atoms with Crippen molar-refractivity contribution < 1.29 is 9.90 Å². The quantitative estimate of drug-likeness (QED) is 0.583. The Hall–Kier alpha value is -1.68. The van der Waals surface area contributed by atoms with Crippen molar-refractivity contribution in [3.8, 4) is 0 Å². The molecule has 0 aliphatic rings. The standard InChI is InChI=1S/C15H22N2O2/c1-11(2)17-9-3-4-12-5-7-13(8-6-12)10-14(16)15(18)19/h5-8,14H,3-4,9-10,16H2,1-2H3,(H,18,19). The van der Waals surface area contributed by atoms with E-state index in [0.717, 1.165) is 30.7 Å². The lowest BCUT2D eigenvalue weighted by Gasteiger charge is -2.07. The van der Waals surface area contributed by atoms with Gasteiger partial charge in [0.2, 0.25) is 0 Å². The van der Waals surface area contributed by atoms with E-state index in [-0.39, 0.29) is 0 Å². The lowest BCUT2D eigenvalue weighted by Crippen LogP contribution is -2.32. The Kier molecular flexibility index (Phi) is 6.22. The van der Waals surface area contributed by atoms with Crippen LogP contribution in [0, 0.1) is 0 Å². The highest BCUT2D eigenvalue weighted by atomic mass is 16.4. The third-order valence-electron chi connectivity index (χ3n) is 2.85. The van der Waals surface area contributed by atoms with E-state index in [9.17, 15) is 4.79 Å². The van der Waals surface area contributed by atoms with Crippen LogP contribution in [0.25, 0.3) is 0 Å². The smallest absolute Gasteiger partial charge is 0.320 e. The number of nitrogens with two attached hydrogens (primary N) is 1. The van der Waals surface area contributed by atoms with Crippen LogP contribution in [0.4, 0.5) is 0 Å². The zero-order chi connectivity index (χ0) is 14.3. The molecular formula is C15H22N2O2. The van der Waals surface area contributed by atoms with E-state index in [1.807, 2.05) is 38.1 Å². The van der Waals surface area contributed by atoms with Gasteiger partial charge in [-0.2, -0.15) is 0 Å². The summed E-state index contributed by atoms with van der Waals surface area (Å²) in [5.41, 5.74) is 8.81. The van der Waals surface area contributed by atoms with Crippen LogP contribution in [0.3, 0.4) is 0 Å². The van der Waals surface area contributed by atoms with Gasteiger partial charge in [-0.3, -0.25) is 9.79 Å². The van der Waals surface area contributed by atoms with Crippen LogP contribution < -0.4 is 5.73 Å². The van der Waals surface area contributed by atoms with Gasteiger partial charge in [0, 0.05) is 12.3 Å². The Labute approximate surface area is 114 Å². The van der Waals surface area contributed by atoms with Crippen LogP contribution in [-0.2, 0) is 17.6 Å². The summed E-state index contributed by atoms with van der Waals surface area (Å²) >= 11 is 0. The van der Waals surface area contributed by atoms with Crippen LogP contribution in [-0.4, -0.2) is 29.4 Å². The first-order chi connectivity index (χ1) is 8.99. The molecule has 0 saturated carbocycles. The highest BCUT2D eigenvalue weighted by molar-refractivity contribution is 5.79. The third-order valence-corrected chi connectivity index (χ3v) is 2.85. The van der Waals surface area contributed by atoms with Crippen molar-refractivity contribution in [3.05, 3.63) is 35.4 Å². The molecule has 104 valence electrons. The van der Waals surface area contributed by atoms with Gasteiger partial charge in [0.25, 0.3) is 0 Å². The van der Waals surface area contributed by atoms with Crippen molar-refractivity contribution in [2.75, 3.05) is 6.54 Å². The zero-order valence-electron chi connectivity index (χ0n) is 11.6. The van der Waals surface area contributed by atoms with Gasteiger partial charge in [-0.25, -0.2) is 0 Å². The van der Waals surface area contributed by atoms with Gasteiger partial charge in [0.15, 0.2) is 0 Å². The first-order valence-electron chi connectivity index (χ1n) is 6.53. The van der Waals surface area contributed by atoms with Crippen LogP contribution in [0.1, 0.15) is 31.4 Å². The SMILES string of the molecule is CC(C)=NCCCc1ccc(CC(N)C(=O)O)cc1. The van der Waals surface area contributed by atoms with Crippen molar-refractivity contribution >= 4 is 11.7 Å². The predicted octanol–water partition coefficient (Wildman–Crippen LogP) is 2.05. The molecular weight excluding hydrogens is 240 g/mol. The molecule has 0 radical (unpaired) electrons. The number of carbonyl (C=O) groups is 1. The van der Waals surface area contributed by atoms with E-state index in [1.165, 1.54) is 5.56 Å². The summed E-state index contributed by atoms with van der Waals surface area (Å²) in [6.45, 7) is 4.86. The second-order valence-corrected chi connectivity index (χ2v) is 4.90. The summed E-state index contributed by atoms with van der Waals surface area (Å²) in [7, 11) is 0. The molecule has 4 nitrogen and oxygen atoms in total. The Balaban J connectivity index is 2.43. The molecule has 1 unspecified atom stereocenters. The molecule has 1 rings (SSSR count). The maximum absolute atomic E-state index is 10.7. The molecule has 3 N–H and O–H groups in total. The number of hydrogen-bond acceptors (Lipinski definition) is 3. The predicted molar refractivity (Wildman–Crippen MR) is 77.7 cm³/mol. The average Bonchev–Trinajstić information content (AvgIpc) is 2.36. The first-order valence-corrected chi connectivity index (χ1v) is 6.53. The largest absolute Gasteiger partial charge is 0.480 e. The highest BCUT2D eigenvalue weighted by Crippen LogP contribution is 2.08. The average molecular weight is 262 g/mol. The van der Waals surface area contributed by atoms with Crippen molar-refractivity contribution in [2.24, 2.45) is 10.7 Å². The number of nitrogens with zero attached hydrogens (tertiary/aromatic N) is 1. The second-order valence-electron chi connectivity index (χ2n) is 4.90. The van der Waals surface area contributed by atoms with Gasteiger partial charge < -0.3 is 10.8 Å². The molecule has 19 heavy (non-hydrogen) atoms. The number of hydrogen-bond donors (Lipinski definition) is 2. The minimum atomic E-state index is -0.961. The normalized spacial score (nSPS) is 11.9. The summed E-state index contributed by atoms with van der Waals surface area (Å²) < 4.78 is 0. The van der Waals surface area contributed by atoms with Crippen molar-refractivity contribution in [1.82, 2.24) is 0 Å². The van der Waals surface area contributed by atoms with Gasteiger partial charge in [-0.05, 0) is 44.2 Å². The molecule has 1 aromatic carbocycles. The van der Waals surface area contributed by atoms with Gasteiger partial charge >= 0.3 is 5.97 Å². The molecule has 0 amide bonds.